The molecule has 0 aliphatic heterocycles. The lowest BCUT2D eigenvalue weighted by Crippen LogP contribution is -2.39. The molecule has 6 nitrogen and oxygen atoms in total. The number of hydrogen-bond acceptors (Lipinski definition) is 3. The van der Waals surface area contributed by atoms with Crippen molar-refractivity contribution in [3.63, 3.8) is 0 Å². The summed E-state index contributed by atoms with van der Waals surface area (Å²) in [6, 6.07) is 8.62. The molecule has 0 saturated carbocycles. The molecule has 0 spiro atoms. The minimum Gasteiger partial charge on any atom is -0.459 e. The van der Waals surface area contributed by atoms with Crippen LogP contribution in [-0.4, -0.2) is 31.5 Å². The summed E-state index contributed by atoms with van der Waals surface area (Å²) in [6.45, 7) is 5.50. The molecule has 1 amide bonds. The van der Waals surface area contributed by atoms with E-state index in [2.05, 4.69) is 20.9 Å². The van der Waals surface area contributed by atoms with Gasteiger partial charge in [-0.15, -0.1) is 0 Å². The molecule has 1 aromatic carbocycles. The number of amides is 1. The fourth-order valence-corrected chi connectivity index (χ4v) is 2.86. The molecule has 2 rings (SSSR count). The number of benzene rings is 1. The average molecular weight is 397 g/mol. The number of guanidine groups is 1. The van der Waals surface area contributed by atoms with Gasteiger partial charge in [0.05, 0.1) is 18.8 Å². The average Bonchev–Trinajstić information content (AvgIpc) is 3.13. The second-order valence-electron chi connectivity index (χ2n) is 5.53. The van der Waals surface area contributed by atoms with Crippen LogP contribution in [0.4, 0.5) is 0 Å². The highest BCUT2D eigenvalue weighted by atomic mass is 35.5. The van der Waals surface area contributed by atoms with Crippen molar-refractivity contribution in [3.05, 3.63) is 58.0 Å². The molecule has 0 saturated heterocycles. The van der Waals surface area contributed by atoms with Gasteiger partial charge in [-0.1, -0.05) is 29.3 Å². The lowest BCUT2D eigenvalue weighted by atomic mass is 10.1. The Balaban J connectivity index is 1.90. The number of aliphatic imine (C=N–C) groups is 1. The van der Waals surface area contributed by atoms with E-state index in [9.17, 15) is 4.79 Å². The van der Waals surface area contributed by atoms with Gasteiger partial charge in [-0.25, -0.2) is 0 Å². The first-order valence-electron chi connectivity index (χ1n) is 8.32. The Morgan fingerprint density at radius 2 is 2.08 bits per heavy atom. The molecule has 1 atom stereocenters. The molecule has 1 heterocycles. The smallest absolute Gasteiger partial charge is 0.287 e. The third-order valence-corrected chi connectivity index (χ3v) is 4.10. The lowest BCUT2D eigenvalue weighted by Gasteiger charge is -2.19. The number of nitrogens with one attached hydrogen (secondary N) is 3. The zero-order chi connectivity index (χ0) is 18.9. The summed E-state index contributed by atoms with van der Waals surface area (Å²) in [4.78, 5) is 16.3. The van der Waals surface area contributed by atoms with E-state index in [1.807, 2.05) is 19.9 Å². The van der Waals surface area contributed by atoms with Gasteiger partial charge in [0.1, 0.15) is 0 Å². The highest BCUT2D eigenvalue weighted by Crippen LogP contribution is 2.25. The van der Waals surface area contributed by atoms with E-state index in [-0.39, 0.29) is 17.7 Å². The zero-order valence-corrected chi connectivity index (χ0v) is 16.2. The monoisotopic (exact) mass is 396 g/mol. The number of carbonyl (C=O) groups excluding carboxylic acids is 1. The molecular weight excluding hydrogens is 375 g/mol. The molecule has 0 bridgehead atoms. The Kier molecular flexibility index (Phi) is 7.81. The SMILES string of the molecule is CCNC(=NCCNC(=O)c1ccco1)NC(C)c1ccc(Cl)cc1Cl. The molecule has 3 N–H and O–H groups in total. The van der Waals surface area contributed by atoms with Gasteiger partial charge < -0.3 is 20.4 Å². The summed E-state index contributed by atoms with van der Waals surface area (Å²) in [7, 11) is 0. The Bertz CT molecular complexity index is 748. The van der Waals surface area contributed by atoms with Crippen molar-refractivity contribution in [2.24, 2.45) is 4.99 Å². The molecule has 1 aromatic heterocycles. The van der Waals surface area contributed by atoms with Crippen LogP contribution in [0.5, 0.6) is 0 Å². The number of rotatable bonds is 7. The van der Waals surface area contributed by atoms with E-state index in [1.165, 1.54) is 6.26 Å². The van der Waals surface area contributed by atoms with Gasteiger partial charge in [-0.3, -0.25) is 9.79 Å². The number of hydrogen-bond donors (Lipinski definition) is 3. The molecule has 140 valence electrons. The van der Waals surface area contributed by atoms with Crippen molar-refractivity contribution < 1.29 is 9.21 Å². The first-order chi connectivity index (χ1) is 12.5. The van der Waals surface area contributed by atoms with Crippen LogP contribution in [0.3, 0.4) is 0 Å². The first kappa shape index (κ1) is 20.1. The summed E-state index contributed by atoms with van der Waals surface area (Å²) in [5.74, 6) is 0.660. The minimum absolute atomic E-state index is 0.0599. The van der Waals surface area contributed by atoms with E-state index >= 15 is 0 Å². The molecule has 0 aliphatic carbocycles. The summed E-state index contributed by atoms with van der Waals surface area (Å²) in [5.41, 5.74) is 0.924. The fourth-order valence-electron chi connectivity index (χ4n) is 2.29. The van der Waals surface area contributed by atoms with Crippen LogP contribution in [0.15, 0.2) is 46.0 Å². The maximum atomic E-state index is 11.8. The quantitative estimate of drug-likeness (QED) is 0.379. The standard InChI is InChI=1S/C18H22Cl2N4O2/c1-3-21-18(23-9-8-22-17(25)16-5-4-10-26-16)24-12(2)14-7-6-13(19)11-15(14)20/h4-7,10-12H,3,8-9H2,1-2H3,(H,22,25)(H2,21,23,24). The van der Waals surface area contributed by atoms with Crippen molar-refractivity contribution in [3.8, 4) is 0 Å². The fraction of sp³-hybridized carbons (Fsp3) is 0.333. The third kappa shape index (κ3) is 5.97. The highest BCUT2D eigenvalue weighted by Gasteiger charge is 2.12. The van der Waals surface area contributed by atoms with Gasteiger partial charge >= 0.3 is 0 Å². The van der Waals surface area contributed by atoms with Crippen LogP contribution >= 0.6 is 23.2 Å². The maximum Gasteiger partial charge on any atom is 0.287 e. The number of halogens is 2. The predicted octanol–water partition coefficient (Wildman–Crippen LogP) is 3.63. The third-order valence-electron chi connectivity index (χ3n) is 3.54. The van der Waals surface area contributed by atoms with Gasteiger partial charge in [0.25, 0.3) is 5.91 Å². The van der Waals surface area contributed by atoms with E-state index < -0.39 is 0 Å². The van der Waals surface area contributed by atoms with Crippen molar-refractivity contribution in [2.75, 3.05) is 19.6 Å². The van der Waals surface area contributed by atoms with Crippen molar-refractivity contribution in [2.45, 2.75) is 19.9 Å². The second-order valence-corrected chi connectivity index (χ2v) is 6.37. The van der Waals surface area contributed by atoms with E-state index in [4.69, 9.17) is 27.6 Å². The van der Waals surface area contributed by atoms with Crippen molar-refractivity contribution in [1.29, 1.82) is 0 Å². The van der Waals surface area contributed by atoms with Crippen LogP contribution in [0.25, 0.3) is 0 Å². The largest absolute Gasteiger partial charge is 0.459 e. The van der Waals surface area contributed by atoms with Crippen LogP contribution < -0.4 is 16.0 Å². The summed E-state index contributed by atoms with van der Waals surface area (Å²) in [6.07, 6.45) is 1.46. The Hall–Kier alpha value is -2.18. The van der Waals surface area contributed by atoms with Gasteiger partial charge in [0, 0.05) is 23.1 Å². The van der Waals surface area contributed by atoms with E-state index in [0.29, 0.717) is 35.6 Å². The Morgan fingerprint density at radius 3 is 2.73 bits per heavy atom. The normalized spacial score (nSPS) is 12.5. The number of furan rings is 1. The van der Waals surface area contributed by atoms with Crippen LogP contribution in [-0.2, 0) is 0 Å². The van der Waals surface area contributed by atoms with Gasteiger partial charge in [-0.2, -0.15) is 0 Å². The van der Waals surface area contributed by atoms with Crippen molar-refractivity contribution in [1.82, 2.24) is 16.0 Å². The molecule has 0 fully saturated rings. The minimum atomic E-state index is -0.260. The van der Waals surface area contributed by atoms with Gasteiger partial charge in [-0.05, 0) is 43.7 Å². The molecule has 26 heavy (non-hydrogen) atoms. The Morgan fingerprint density at radius 1 is 1.27 bits per heavy atom. The number of carbonyl (C=O) groups is 1. The highest BCUT2D eigenvalue weighted by molar-refractivity contribution is 6.35. The maximum absolute atomic E-state index is 11.8. The van der Waals surface area contributed by atoms with Crippen LogP contribution in [0.1, 0.15) is 36.0 Å². The summed E-state index contributed by atoms with van der Waals surface area (Å²) in [5, 5.41) is 10.4. The molecular formula is C18H22Cl2N4O2. The molecule has 8 heteroatoms. The summed E-state index contributed by atoms with van der Waals surface area (Å²) < 4.78 is 5.04. The first-order valence-corrected chi connectivity index (χ1v) is 9.08. The second kappa shape index (κ2) is 10.1. The van der Waals surface area contributed by atoms with E-state index in [1.54, 1.807) is 24.3 Å². The molecule has 2 aromatic rings. The van der Waals surface area contributed by atoms with Crippen molar-refractivity contribution >= 4 is 35.1 Å². The zero-order valence-electron chi connectivity index (χ0n) is 14.7. The summed E-state index contributed by atoms with van der Waals surface area (Å²) >= 11 is 12.2. The molecule has 0 aliphatic rings. The Labute approximate surface area is 163 Å². The van der Waals surface area contributed by atoms with Gasteiger partial charge in [0.2, 0.25) is 0 Å². The molecule has 0 radical (unpaired) electrons. The van der Waals surface area contributed by atoms with Gasteiger partial charge in [0.15, 0.2) is 11.7 Å². The van der Waals surface area contributed by atoms with Crippen LogP contribution in [0, 0.1) is 0 Å². The molecule has 1 unspecified atom stereocenters. The lowest BCUT2D eigenvalue weighted by molar-refractivity contribution is 0.0927. The van der Waals surface area contributed by atoms with E-state index in [0.717, 1.165) is 5.56 Å². The predicted molar refractivity (Wildman–Crippen MR) is 105 cm³/mol. The van der Waals surface area contributed by atoms with Crippen LogP contribution in [0.2, 0.25) is 10.0 Å². The topological polar surface area (TPSA) is 78.7 Å². The number of nitrogens with zero attached hydrogens (tertiary/aromatic N) is 1.